The van der Waals surface area contributed by atoms with Crippen LogP contribution in [0.2, 0.25) is 0 Å². The van der Waals surface area contributed by atoms with Gasteiger partial charge in [-0.25, -0.2) is 4.79 Å². The SMILES string of the molecule is Nc1cccc(Oc2ccc([N+](=O)[O-])cc2C(=O)O)c1. The average Bonchev–Trinajstić information content (AvgIpc) is 2.38. The Hall–Kier alpha value is -3.09. The molecular formula is C13H10N2O5. The van der Waals surface area contributed by atoms with Crippen molar-refractivity contribution in [2.24, 2.45) is 0 Å². The molecule has 0 aliphatic heterocycles. The molecule has 0 unspecified atom stereocenters. The van der Waals surface area contributed by atoms with E-state index in [1.165, 1.54) is 18.2 Å². The summed E-state index contributed by atoms with van der Waals surface area (Å²) in [6.07, 6.45) is 0. The number of aromatic carboxylic acids is 1. The molecule has 0 aliphatic carbocycles. The van der Waals surface area contributed by atoms with Gasteiger partial charge in [0.15, 0.2) is 0 Å². The fourth-order valence-corrected chi connectivity index (χ4v) is 1.59. The lowest BCUT2D eigenvalue weighted by molar-refractivity contribution is -0.384. The zero-order chi connectivity index (χ0) is 14.7. The number of nitrogens with two attached hydrogens (primary N) is 1. The number of carboxylic acids is 1. The maximum absolute atomic E-state index is 11.1. The molecule has 0 aromatic heterocycles. The van der Waals surface area contributed by atoms with E-state index < -0.39 is 10.9 Å². The second-order valence-corrected chi connectivity index (χ2v) is 3.92. The third-order valence-electron chi connectivity index (χ3n) is 2.49. The number of nitrogen functional groups attached to an aromatic ring is 1. The topological polar surface area (TPSA) is 116 Å². The Morgan fingerprint density at radius 1 is 1.25 bits per heavy atom. The molecule has 0 radical (unpaired) electrons. The summed E-state index contributed by atoms with van der Waals surface area (Å²) in [5.74, 6) is -0.956. The molecule has 2 aromatic rings. The lowest BCUT2D eigenvalue weighted by Crippen LogP contribution is -2.01. The van der Waals surface area contributed by atoms with E-state index in [0.717, 1.165) is 6.07 Å². The molecule has 3 N–H and O–H groups in total. The predicted octanol–water partition coefficient (Wildman–Crippen LogP) is 2.67. The van der Waals surface area contributed by atoms with Crippen molar-refractivity contribution in [1.82, 2.24) is 0 Å². The highest BCUT2D eigenvalue weighted by Gasteiger charge is 2.17. The van der Waals surface area contributed by atoms with Crippen LogP contribution in [0.3, 0.4) is 0 Å². The van der Waals surface area contributed by atoms with Crippen LogP contribution < -0.4 is 10.5 Å². The second kappa shape index (κ2) is 5.27. The van der Waals surface area contributed by atoms with Crippen LogP contribution in [0.25, 0.3) is 0 Å². The van der Waals surface area contributed by atoms with E-state index >= 15 is 0 Å². The number of anilines is 1. The average molecular weight is 274 g/mol. The molecule has 102 valence electrons. The van der Waals surface area contributed by atoms with Crippen molar-refractivity contribution in [2.45, 2.75) is 0 Å². The molecule has 0 bridgehead atoms. The normalized spacial score (nSPS) is 10.0. The Kier molecular flexibility index (Phi) is 3.52. The smallest absolute Gasteiger partial charge is 0.339 e. The minimum absolute atomic E-state index is 0.00806. The minimum Gasteiger partial charge on any atom is -0.478 e. The molecule has 0 fully saturated rings. The van der Waals surface area contributed by atoms with Crippen molar-refractivity contribution >= 4 is 17.3 Å². The number of hydrogen-bond acceptors (Lipinski definition) is 5. The van der Waals surface area contributed by atoms with Crippen LogP contribution in [-0.4, -0.2) is 16.0 Å². The van der Waals surface area contributed by atoms with Crippen molar-refractivity contribution in [2.75, 3.05) is 5.73 Å². The van der Waals surface area contributed by atoms with Crippen molar-refractivity contribution < 1.29 is 19.6 Å². The first-order valence-corrected chi connectivity index (χ1v) is 5.52. The number of benzene rings is 2. The monoisotopic (exact) mass is 274 g/mol. The van der Waals surface area contributed by atoms with Crippen molar-refractivity contribution in [3.8, 4) is 11.5 Å². The lowest BCUT2D eigenvalue weighted by atomic mass is 10.2. The fourth-order valence-electron chi connectivity index (χ4n) is 1.59. The number of nitro benzene ring substituents is 1. The van der Waals surface area contributed by atoms with E-state index in [0.29, 0.717) is 11.4 Å². The molecule has 0 heterocycles. The molecule has 2 aromatic carbocycles. The van der Waals surface area contributed by atoms with Gasteiger partial charge in [0, 0.05) is 23.9 Å². The van der Waals surface area contributed by atoms with E-state index in [-0.39, 0.29) is 17.0 Å². The maximum atomic E-state index is 11.1. The Labute approximate surface area is 113 Å². The van der Waals surface area contributed by atoms with Crippen molar-refractivity contribution in [3.63, 3.8) is 0 Å². The Morgan fingerprint density at radius 3 is 2.60 bits per heavy atom. The Bertz CT molecular complexity index is 684. The summed E-state index contributed by atoms with van der Waals surface area (Å²) < 4.78 is 5.40. The molecule has 7 heteroatoms. The van der Waals surface area contributed by atoms with Crippen molar-refractivity contribution in [1.29, 1.82) is 0 Å². The number of carbonyl (C=O) groups is 1. The van der Waals surface area contributed by atoms with Gasteiger partial charge >= 0.3 is 5.97 Å². The molecule has 0 spiro atoms. The molecule has 0 amide bonds. The highest BCUT2D eigenvalue weighted by atomic mass is 16.6. The van der Waals surface area contributed by atoms with E-state index in [4.69, 9.17) is 15.6 Å². The highest BCUT2D eigenvalue weighted by Crippen LogP contribution is 2.29. The van der Waals surface area contributed by atoms with E-state index in [2.05, 4.69) is 0 Å². The zero-order valence-electron chi connectivity index (χ0n) is 10.1. The van der Waals surface area contributed by atoms with Crippen LogP contribution in [0, 0.1) is 10.1 Å². The summed E-state index contributed by atoms with van der Waals surface area (Å²) in [5, 5.41) is 19.7. The van der Waals surface area contributed by atoms with E-state index in [1.54, 1.807) is 18.2 Å². The summed E-state index contributed by atoms with van der Waals surface area (Å²) in [4.78, 5) is 21.1. The van der Waals surface area contributed by atoms with Gasteiger partial charge in [0.2, 0.25) is 0 Å². The van der Waals surface area contributed by atoms with Crippen LogP contribution in [0.5, 0.6) is 11.5 Å². The van der Waals surface area contributed by atoms with E-state index in [9.17, 15) is 14.9 Å². The molecule has 0 saturated carbocycles. The summed E-state index contributed by atoms with van der Waals surface area (Å²) in [6.45, 7) is 0. The van der Waals surface area contributed by atoms with E-state index in [1.807, 2.05) is 0 Å². The standard InChI is InChI=1S/C13H10N2O5/c14-8-2-1-3-10(6-8)20-12-5-4-9(15(18)19)7-11(12)13(16)17/h1-7H,14H2,(H,16,17). The maximum Gasteiger partial charge on any atom is 0.339 e. The number of hydrogen-bond donors (Lipinski definition) is 2. The minimum atomic E-state index is -1.31. The number of non-ortho nitro benzene ring substituents is 1. The number of rotatable bonds is 4. The molecule has 0 saturated heterocycles. The van der Waals surface area contributed by atoms with Gasteiger partial charge in [0.25, 0.3) is 5.69 Å². The van der Waals surface area contributed by atoms with Gasteiger partial charge in [-0.3, -0.25) is 10.1 Å². The molecule has 2 rings (SSSR count). The molecular weight excluding hydrogens is 264 g/mol. The third-order valence-corrected chi connectivity index (χ3v) is 2.49. The van der Waals surface area contributed by atoms with Gasteiger partial charge in [-0.15, -0.1) is 0 Å². The first-order chi connectivity index (χ1) is 9.47. The van der Waals surface area contributed by atoms with Crippen LogP contribution in [-0.2, 0) is 0 Å². The van der Waals surface area contributed by atoms with Crippen LogP contribution in [0.1, 0.15) is 10.4 Å². The van der Waals surface area contributed by atoms with Gasteiger partial charge in [-0.1, -0.05) is 6.07 Å². The number of nitrogens with zero attached hydrogens (tertiary/aromatic N) is 1. The summed E-state index contributed by atoms with van der Waals surface area (Å²) in [5.41, 5.74) is 5.44. The zero-order valence-corrected chi connectivity index (χ0v) is 10.1. The van der Waals surface area contributed by atoms with Gasteiger partial charge in [0.05, 0.1) is 4.92 Å². The summed E-state index contributed by atoms with van der Waals surface area (Å²) in [7, 11) is 0. The number of carboxylic acid groups (broad SMARTS) is 1. The Balaban J connectivity index is 2.41. The largest absolute Gasteiger partial charge is 0.478 e. The Morgan fingerprint density at radius 2 is 2.00 bits per heavy atom. The van der Waals surface area contributed by atoms with Crippen LogP contribution in [0.4, 0.5) is 11.4 Å². The van der Waals surface area contributed by atoms with Gasteiger partial charge in [-0.05, 0) is 18.2 Å². The number of ether oxygens (including phenoxy) is 1. The molecule has 20 heavy (non-hydrogen) atoms. The fraction of sp³-hybridized carbons (Fsp3) is 0. The van der Waals surface area contributed by atoms with Crippen LogP contribution >= 0.6 is 0 Å². The molecule has 7 nitrogen and oxygen atoms in total. The number of nitro groups is 1. The molecule has 0 atom stereocenters. The third kappa shape index (κ3) is 2.83. The predicted molar refractivity (Wildman–Crippen MR) is 71.0 cm³/mol. The van der Waals surface area contributed by atoms with Gasteiger partial charge in [0.1, 0.15) is 17.1 Å². The lowest BCUT2D eigenvalue weighted by Gasteiger charge is -2.09. The molecule has 0 aliphatic rings. The second-order valence-electron chi connectivity index (χ2n) is 3.92. The highest BCUT2D eigenvalue weighted by molar-refractivity contribution is 5.91. The van der Waals surface area contributed by atoms with Crippen molar-refractivity contribution in [3.05, 3.63) is 58.1 Å². The van der Waals surface area contributed by atoms with Gasteiger partial charge < -0.3 is 15.6 Å². The first-order valence-electron chi connectivity index (χ1n) is 5.52. The summed E-state index contributed by atoms with van der Waals surface area (Å²) >= 11 is 0. The first kappa shape index (κ1) is 13.3. The quantitative estimate of drug-likeness (QED) is 0.503. The van der Waals surface area contributed by atoms with Gasteiger partial charge in [-0.2, -0.15) is 0 Å². The summed E-state index contributed by atoms with van der Waals surface area (Å²) in [6, 6.07) is 9.79. The van der Waals surface area contributed by atoms with Crippen LogP contribution in [0.15, 0.2) is 42.5 Å².